The highest BCUT2D eigenvalue weighted by molar-refractivity contribution is 5.94. The maximum Gasteiger partial charge on any atom is 0.409 e. The van der Waals surface area contributed by atoms with Crippen LogP contribution < -0.4 is 15.4 Å². The number of carbonyl (C=O) groups is 2. The maximum atomic E-state index is 12.5. The molecule has 2 amide bonds. The number of ether oxygens (including phenoxy) is 2. The number of carbonyl (C=O) groups excluding carboxylic acids is 2. The minimum Gasteiger partial charge on any atom is -0.497 e. The molecule has 1 aliphatic rings. The summed E-state index contributed by atoms with van der Waals surface area (Å²) in [5, 5.41) is 6.20. The lowest BCUT2D eigenvalue weighted by atomic mass is 10.0. The second-order valence-electron chi connectivity index (χ2n) is 6.72. The van der Waals surface area contributed by atoms with Crippen molar-refractivity contribution in [3.05, 3.63) is 48.2 Å². The third kappa shape index (κ3) is 5.60. The normalized spacial score (nSPS) is 14.2. The first-order valence-corrected chi connectivity index (χ1v) is 9.68. The molecule has 0 spiro atoms. The van der Waals surface area contributed by atoms with Gasteiger partial charge in [0.25, 0.3) is 5.91 Å². The molecule has 0 aliphatic carbocycles. The number of rotatable bonds is 6. The number of nitrogens with one attached hydrogen (secondary N) is 2. The van der Waals surface area contributed by atoms with Gasteiger partial charge in [-0.1, -0.05) is 6.07 Å². The summed E-state index contributed by atoms with van der Waals surface area (Å²) in [5.41, 5.74) is 1.34. The van der Waals surface area contributed by atoms with Gasteiger partial charge in [0.05, 0.1) is 19.3 Å². The monoisotopic (exact) mass is 398 g/mol. The molecule has 8 nitrogen and oxygen atoms in total. The predicted molar refractivity (Wildman–Crippen MR) is 110 cm³/mol. The Bertz CT molecular complexity index is 833. The molecule has 1 aromatic heterocycles. The summed E-state index contributed by atoms with van der Waals surface area (Å²) >= 11 is 0. The first kappa shape index (κ1) is 20.4. The van der Waals surface area contributed by atoms with Crippen LogP contribution in [0.1, 0.15) is 30.1 Å². The SMILES string of the molecule is CCOC(=O)N1CCC(NC(=O)c2ccc(Nc3cccc(OC)c3)nc2)CC1. The zero-order valence-electron chi connectivity index (χ0n) is 16.7. The minimum atomic E-state index is -0.291. The van der Waals surface area contributed by atoms with Crippen molar-refractivity contribution >= 4 is 23.5 Å². The topological polar surface area (TPSA) is 92.8 Å². The van der Waals surface area contributed by atoms with E-state index in [-0.39, 0.29) is 18.0 Å². The standard InChI is InChI=1S/C21H26N4O4/c1-3-29-21(27)25-11-9-16(10-12-25)24-20(26)15-7-8-19(22-14-15)23-17-5-4-6-18(13-17)28-2/h4-8,13-14,16H,3,9-12H2,1-2H3,(H,22,23)(H,24,26). The lowest BCUT2D eigenvalue weighted by Crippen LogP contribution is -2.46. The lowest BCUT2D eigenvalue weighted by Gasteiger charge is -2.31. The van der Waals surface area contributed by atoms with E-state index in [0.29, 0.717) is 43.9 Å². The third-order valence-corrected chi connectivity index (χ3v) is 4.72. The summed E-state index contributed by atoms with van der Waals surface area (Å²) in [5.74, 6) is 1.22. The van der Waals surface area contributed by atoms with Crippen molar-refractivity contribution in [2.45, 2.75) is 25.8 Å². The second kappa shape index (κ2) is 9.77. The van der Waals surface area contributed by atoms with Crippen molar-refractivity contribution in [2.75, 3.05) is 32.1 Å². The molecule has 2 aromatic rings. The fourth-order valence-electron chi connectivity index (χ4n) is 3.14. The van der Waals surface area contributed by atoms with Crippen molar-refractivity contribution in [1.82, 2.24) is 15.2 Å². The van der Waals surface area contributed by atoms with Gasteiger partial charge in [-0.25, -0.2) is 9.78 Å². The molecule has 0 saturated carbocycles. The van der Waals surface area contributed by atoms with E-state index in [9.17, 15) is 9.59 Å². The van der Waals surface area contributed by atoms with Gasteiger partial charge in [0.15, 0.2) is 0 Å². The summed E-state index contributed by atoms with van der Waals surface area (Å²) in [7, 11) is 1.62. The molecule has 1 aromatic carbocycles. The Kier molecular flexibility index (Phi) is 6.89. The van der Waals surface area contributed by atoms with Crippen LogP contribution in [0, 0.1) is 0 Å². The zero-order valence-corrected chi connectivity index (χ0v) is 16.7. The van der Waals surface area contributed by atoms with E-state index >= 15 is 0 Å². The number of methoxy groups -OCH3 is 1. The van der Waals surface area contributed by atoms with E-state index in [1.807, 2.05) is 24.3 Å². The van der Waals surface area contributed by atoms with E-state index < -0.39 is 0 Å². The van der Waals surface area contributed by atoms with E-state index in [1.54, 1.807) is 37.3 Å². The van der Waals surface area contributed by atoms with Gasteiger partial charge in [0.1, 0.15) is 11.6 Å². The number of piperidine rings is 1. The molecule has 1 aliphatic heterocycles. The number of hydrogen-bond acceptors (Lipinski definition) is 6. The first-order valence-electron chi connectivity index (χ1n) is 9.68. The highest BCUT2D eigenvalue weighted by Crippen LogP contribution is 2.20. The molecule has 154 valence electrons. The summed E-state index contributed by atoms with van der Waals surface area (Å²) in [6, 6.07) is 11.1. The molecule has 0 unspecified atom stereocenters. The Hall–Kier alpha value is -3.29. The van der Waals surface area contributed by atoms with Crippen LogP contribution in [0.5, 0.6) is 5.75 Å². The molecule has 1 fully saturated rings. The van der Waals surface area contributed by atoms with Crippen LogP contribution in [-0.2, 0) is 4.74 Å². The number of hydrogen-bond donors (Lipinski definition) is 2. The molecule has 2 heterocycles. The smallest absolute Gasteiger partial charge is 0.409 e. The Labute approximate surface area is 170 Å². The number of amides is 2. The van der Waals surface area contributed by atoms with E-state index in [4.69, 9.17) is 9.47 Å². The molecule has 2 N–H and O–H groups in total. The van der Waals surface area contributed by atoms with Crippen molar-refractivity contribution in [1.29, 1.82) is 0 Å². The minimum absolute atomic E-state index is 0.0303. The Morgan fingerprint density at radius 3 is 2.66 bits per heavy atom. The summed E-state index contributed by atoms with van der Waals surface area (Å²) in [6.45, 7) is 3.30. The molecule has 0 bridgehead atoms. The fraction of sp³-hybridized carbons (Fsp3) is 0.381. The van der Waals surface area contributed by atoms with Gasteiger partial charge in [0.2, 0.25) is 0 Å². The Morgan fingerprint density at radius 2 is 2.00 bits per heavy atom. The van der Waals surface area contributed by atoms with Crippen LogP contribution in [0.4, 0.5) is 16.3 Å². The van der Waals surface area contributed by atoms with Crippen molar-refractivity contribution in [2.24, 2.45) is 0 Å². The average Bonchev–Trinajstić information content (AvgIpc) is 2.75. The first-order chi connectivity index (χ1) is 14.1. The van der Waals surface area contributed by atoms with Gasteiger partial charge in [-0.15, -0.1) is 0 Å². The van der Waals surface area contributed by atoms with Crippen molar-refractivity contribution < 1.29 is 19.1 Å². The number of anilines is 2. The van der Waals surface area contributed by atoms with Crippen LogP contribution in [0.15, 0.2) is 42.6 Å². The van der Waals surface area contributed by atoms with Gasteiger partial charge < -0.3 is 25.0 Å². The summed E-state index contributed by atoms with van der Waals surface area (Å²) in [4.78, 5) is 30.2. The highest BCUT2D eigenvalue weighted by Gasteiger charge is 2.24. The molecule has 8 heteroatoms. The number of nitrogens with zero attached hydrogens (tertiary/aromatic N) is 2. The van der Waals surface area contributed by atoms with Crippen LogP contribution in [0.2, 0.25) is 0 Å². The Morgan fingerprint density at radius 1 is 1.21 bits per heavy atom. The molecule has 0 atom stereocenters. The van der Waals surface area contributed by atoms with Gasteiger partial charge >= 0.3 is 6.09 Å². The summed E-state index contributed by atoms with van der Waals surface area (Å²) < 4.78 is 10.2. The van der Waals surface area contributed by atoms with Crippen LogP contribution >= 0.6 is 0 Å². The number of aromatic nitrogens is 1. The van der Waals surface area contributed by atoms with Crippen LogP contribution in [-0.4, -0.2) is 54.7 Å². The largest absolute Gasteiger partial charge is 0.497 e. The second-order valence-corrected chi connectivity index (χ2v) is 6.72. The predicted octanol–water partition coefficient (Wildman–Crippen LogP) is 3.18. The molecule has 3 rings (SSSR count). The van der Waals surface area contributed by atoms with Crippen molar-refractivity contribution in [3.63, 3.8) is 0 Å². The lowest BCUT2D eigenvalue weighted by molar-refractivity contribution is 0.0860. The van der Waals surface area contributed by atoms with Crippen LogP contribution in [0.25, 0.3) is 0 Å². The van der Waals surface area contributed by atoms with E-state index in [1.165, 1.54) is 0 Å². The highest BCUT2D eigenvalue weighted by atomic mass is 16.6. The van der Waals surface area contributed by atoms with Gasteiger partial charge in [0, 0.05) is 37.1 Å². The number of pyridine rings is 1. The van der Waals surface area contributed by atoms with Crippen LogP contribution in [0.3, 0.4) is 0 Å². The molecule has 1 saturated heterocycles. The quantitative estimate of drug-likeness (QED) is 0.776. The van der Waals surface area contributed by atoms with E-state index in [2.05, 4.69) is 15.6 Å². The number of likely N-dealkylation sites (tertiary alicyclic amines) is 1. The maximum absolute atomic E-state index is 12.5. The molecule has 29 heavy (non-hydrogen) atoms. The molecular formula is C21H26N4O4. The van der Waals surface area contributed by atoms with Gasteiger partial charge in [-0.3, -0.25) is 4.79 Å². The van der Waals surface area contributed by atoms with E-state index in [0.717, 1.165) is 11.4 Å². The average molecular weight is 398 g/mol. The Balaban J connectivity index is 1.51. The van der Waals surface area contributed by atoms with Gasteiger partial charge in [-0.05, 0) is 44.0 Å². The molecular weight excluding hydrogens is 372 g/mol. The van der Waals surface area contributed by atoms with Crippen molar-refractivity contribution in [3.8, 4) is 5.75 Å². The third-order valence-electron chi connectivity index (χ3n) is 4.72. The molecule has 0 radical (unpaired) electrons. The number of benzene rings is 1. The fourth-order valence-corrected chi connectivity index (χ4v) is 3.14. The summed E-state index contributed by atoms with van der Waals surface area (Å²) in [6.07, 6.45) is 2.66. The zero-order chi connectivity index (χ0) is 20.6. The van der Waals surface area contributed by atoms with Gasteiger partial charge in [-0.2, -0.15) is 0 Å².